The molecule has 5 nitrogen and oxygen atoms in total. The van der Waals surface area contributed by atoms with Crippen LogP contribution in [0.3, 0.4) is 0 Å². The van der Waals surface area contributed by atoms with Crippen LogP contribution >= 0.6 is 24.0 Å². The van der Waals surface area contributed by atoms with Crippen LogP contribution in [0.15, 0.2) is 59.6 Å². The number of nitrogens with zero attached hydrogens (tertiary/aromatic N) is 3. The summed E-state index contributed by atoms with van der Waals surface area (Å²) in [5.41, 5.74) is 2.23. The molecule has 0 aliphatic carbocycles. The second-order valence-electron chi connectivity index (χ2n) is 7.35. The first-order valence-corrected chi connectivity index (χ1v) is 10.5. The van der Waals surface area contributed by atoms with Crippen molar-refractivity contribution in [1.29, 1.82) is 0 Å². The lowest BCUT2D eigenvalue weighted by molar-refractivity contribution is 0.253. The number of aliphatic imine (C=N–C) groups is 1. The molecule has 2 N–H and O–H groups in total. The minimum absolute atomic E-state index is 0. The van der Waals surface area contributed by atoms with Crippen LogP contribution in [0.2, 0.25) is 0 Å². The van der Waals surface area contributed by atoms with Gasteiger partial charge in [-0.1, -0.05) is 30.3 Å². The zero-order valence-corrected chi connectivity index (χ0v) is 20.0. The van der Waals surface area contributed by atoms with E-state index in [4.69, 9.17) is 0 Å². The van der Waals surface area contributed by atoms with Gasteiger partial charge in [-0.25, -0.2) is 4.39 Å². The average molecular weight is 525 g/mol. The molecule has 0 unspecified atom stereocenters. The molecule has 2 aromatic rings. The van der Waals surface area contributed by atoms with Gasteiger partial charge in [0, 0.05) is 52.0 Å². The second-order valence-corrected chi connectivity index (χ2v) is 7.35. The summed E-state index contributed by atoms with van der Waals surface area (Å²) in [5, 5.41) is 6.57. The van der Waals surface area contributed by atoms with Crippen molar-refractivity contribution in [2.45, 2.75) is 19.4 Å². The van der Waals surface area contributed by atoms with Crippen LogP contribution < -0.4 is 15.5 Å². The standard InChI is InChI=1S/C23H32FN5.HI/c1-25-23(27-19-20-8-7-9-21(24)18-20)26-12-5-6-13-28-14-16-29(17-15-28)22-10-3-2-4-11-22;/h2-4,7-11,18H,5-6,12-17,19H2,1H3,(H2,25,26,27);1H. The van der Waals surface area contributed by atoms with Gasteiger partial charge in [-0.05, 0) is 49.2 Å². The fraction of sp³-hybridized carbons (Fsp3) is 0.435. The van der Waals surface area contributed by atoms with Crippen LogP contribution in [0.5, 0.6) is 0 Å². The Hall–Kier alpha value is -1.87. The SMILES string of the molecule is CN=C(NCCCCN1CCN(c2ccccc2)CC1)NCc1cccc(F)c1.I. The van der Waals surface area contributed by atoms with Crippen molar-refractivity contribution < 1.29 is 4.39 Å². The van der Waals surface area contributed by atoms with Gasteiger partial charge in [-0.15, -0.1) is 24.0 Å². The number of guanidine groups is 1. The largest absolute Gasteiger partial charge is 0.369 e. The van der Waals surface area contributed by atoms with Gasteiger partial charge in [0.25, 0.3) is 0 Å². The summed E-state index contributed by atoms with van der Waals surface area (Å²) in [6.07, 6.45) is 2.26. The Kier molecular flexibility index (Phi) is 10.9. The molecule has 7 heteroatoms. The Morgan fingerprint density at radius 3 is 2.43 bits per heavy atom. The number of para-hydroxylation sites is 1. The highest BCUT2D eigenvalue weighted by Gasteiger charge is 2.16. The number of nitrogens with one attached hydrogen (secondary N) is 2. The van der Waals surface area contributed by atoms with Gasteiger partial charge in [-0.3, -0.25) is 9.89 Å². The van der Waals surface area contributed by atoms with E-state index in [0.29, 0.717) is 6.54 Å². The number of hydrogen-bond donors (Lipinski definition) is 2. The third kappa shape index (κ3) is 8.10. The van der Waals surface area contributed by atoms with E-state index in [9.17, 15) is 4.39 Å². The number of unbranched alkanes of at least 4 members (excludes halogenated alkanes) is 1. The Bertz CT molecular complexity index is 763. The van der Waals surface area contributed by atoms with E-state index in [1.54, 1.807) is 13.1 Å². The van der Waals surface area contributed by atoms with Gasteiger partial charge >= 0.3 is 0 Å². The zero-order chi connectivity index (χ0) is 20.3. The molecule has 0 aromatic heterocycles. The van der Waals surface area contributed by atoms with Crippen molar-refractivity contribution in [1.82, 2.24) is 15.5 Å². The molecule has 1 saturated heterocycles. The first-order chi connectivity index (χ1) is 14.2. The number of piperazine rings is 1. The van der Waals surface area contributed by atoms with E-state index in [0.717, 1.165) is 57.2 Å². The van der Waals surface area contributed by atoms with E-state index in [1.807, 2.05) is 6.07 Å². The van der Waals surface area contributed by atoms with Crippen LogP contribution in [-0.4, -0.2) is 57.2 Å². The van der Waals surface area contributed by atoms with Crippen LogP contribution in [0.25, 0.3) is 0 Å². The molecule has 0 radical (unpaired) electrons. The molecule has 0 amide bonds. The van der Waals surface area contributed by atoms with Crippen LogP contribution in [0, 0.1) is 5.82 Å². The molecule has 0 saturated carbocycles. The summed E-state index contributed by atoms with van der Waals surface area (Å²) < 4.78 is 13.2. The van der Waals surface area contributed by atoms with Crippen molar-refractivity contribution in [2.24, 2.45) is 4.99 Å². The van der Waals surface area contributed by atoms with Gasteiger partial charge in [0.2, 0.25) is 0 Å². The fourth-order valence-electron chi connectivity index (χ4n) is 3.59. The summed E-state index contributed by atoms with van der Waals surface area (Å²) >= 11 is 0. The van der Waals surface area contributed by atoms with Gasteiger partial charge in [0.1, 0.15) is 5.82 Å². The molecule has 164 valence electrons. The molecule has 1 heterocycles. The smallest absolute Gasteiger partial charge is 0.191 e. The molecule has 0 bridgehead atoms. The fourth-order valence-corrected chi connectivity index (χ4v) is 3.59. The first kappa shape index (κ1) is 24.4. The van der Waals surface area contributed by atoms with Crippen molar-refractivity contribution in [3.8, 4) is 0 Å². The van der Waals surface area contributed by atoms with E-state index in [1.165, 1.54) is 24.2 Å². The lowest BCUT2D eigenvalue weighted by Crippen LogP contribution is -2.46. The molecule has 1 fully saturated rings. The third-order valence-corrected chi connectivity index (χ3v) is 5.26. The molecule has 0 atom stereocenters. The average Bonchev–Trinajstić information content (AvgIpc) is 2.77. The highest BCUT2D eigenvalue weighted by Crippen LogP contribution is 2.15. The molecule has 1 aliphatic rings. The topological polar surface area (TPSA) is 42.9 Å². The van der Waals surface area contributed by atoms with Crippen molar-refractivity contribution in [3.63, 3.8) is 0 Å². The monoisotopic (exact) mass is 525 g/mol. The molecule has 30 heavy (non-hydrogen) atoms. The number of benzene rings is 2. The van der Waals surface area contributed by atoms with Gasteiger partial charge < -0.3 is 15.5 Å². The van der Waals surface area contributed by atoms with Gasteiger partial charge in [-0.2, -0.15) is 0 Å². The lowest BCUT2D eigenvalue weighted by Gasteiger charge is -2.36. The summed E-state index contributed by atoms with van der Waals surface area (Å²) in [5.74, 6) is 0.544. The third-order valence-electron chi connectivity index (χ3n) is 5.26. The number of halogens is 2. The van der Waals surface area contributed by atoms with E-state index >= 15 is 0 Å². The zero-order valence-electron chi connectivity index (χ0n) is 17.7. The molecular formula is C23H33FIN5. The number of rotatable bonds is 8. The maximum Gasteiger partial charge on any atom is 0.191 e. The van der Waals surface area contributed by atoms with Crippen molar-refractivity contribution >= 4 is 35.6 Å². The first-order valence-electron chi connectivity index (χ1n) is 10.5. The predicted molar refractivity (Wildman–Crippen MR) is 134 cm³/mol. The highest BCUT2D eigenvalue weighted by molar-refractivity contribution is 14.0. The minimum Gasteiger partial charge on any atom is -0.369 e. The minimum atomic E-state index is -0.211. The van der Waals surface area contributed by atoms with E-state index in [2.05, 4.69) is 55.8 Å². The Balaban J connectivity index is 0.00000320. The highest BCUT2D eigenvalue weighted by atomic mass is 127. The van der Waals surface area contributed by atoms with Crippen molar-refractivity contribution in [2.75, 3.05) is 51.2 Å². The van der Waals surface area contributed by atoms with E-state index in [-0.39, 0.29) is 29.8 Å². The predicted octanol–water partition coefficient (Wildman–Crippen LogP) is 3.71. The normalized spacial score (nSPS) is 14.9. The molecule has 1 aliphatic heterocycles. The summed E-state index contributed by atoms with van der Waals surface area (Å²) in [6.45, 7) is 7.02. The lowest BCUT2D eigenvalue weighted by atomic mass is 10.2. The maximum atomic E-state index is 13.2. The maximum absolute atomic E-state index is 13.2. The van der Waals surface area contributed by atoms with Crippen molar-refractivity contribution in [3.05, 3.63) is 66.0 Å². The van der Waals surface area contributed by atoms with Crippen LogP contribution in [-0.2, 0) is 6.54 Å². The van der Waals surface area contributed by atoms with Crippen LogP contribution in [0.4, 0.5) is 10.1 Å². The second kappa shape index (κ2) is 13.4. The summed E-state index contributed by atoms with van der Waals surface area (Å²) in [7, 11) is 1.76. The van der Waals surface area contributed by atoms with E-state index < -0.39 is 0 Å². The molecule has 3 rings (SSSR count). The Morgan fingerprint density at radius 1 is 0.967 bits per heavy atom. The number of anilines is 1. The van der Waals surface area contributed by atoms with Gasteiger partial charge in [0.15, 0.2) is 5.96 Å². The molecular weight excluding hydrogens is 492 g/mol. The Morgan fingerprint density at radius 2 is 1.73 bits per heavy atom. The summed E-state index contributed by atoms with van der Waals surface area (Å²) in [6, 6.07) is 17.3. The molecule has 2 aromatic carbocycles. The Labute approximate surface area is 196 Å². The summed E-state index contributed by atoms with van der Waals surface area (Å²) in [4.78, 5) is 9.25. The number of hydrogen-bond acceptors (Lipinski definition) is 3. The van der Waals surface area contributed by atoms with Crippen LogP contribution in [0.1, 0.15) is 18.4 Å². The molecule has 0 spiro atoms. The van der Waals surface area contributed by atoms with Gasteiger partial charge in [0.05, 0.1) is 0 Å². The quantitative estimate of drug-likeness (QED) is 0.239.